The van der Waals surface area contributed by atoms with E-state index in [1.54, 1.807) is 6.26 Å². The Kier molecular flexibility index (Phi) is 8.16. The zero-order valence-corrected chi connectivity index (χ0v) is 24.2. The largest absolute Gasteiger partial charge is 0.480 e. The lowest BCUT2D eigenvalue weighted by atomic mass is 9.96. The third-order valence-corrected chi connectivity index (χ3v) is 9.71. The molecule has 1 aliphatic carbocycles. The summed E-state index contributed by atoms with van der Waals surface area (Å²) in [6.45, 7) is 1.69. The van der Waals surface area contributed by atoms with Gasteiger partial charge in [0.15, 0.2) is 0 Å². The molecule has 39 heavy (non-hydrogen) atoms. The number of carboxylic acids is 1. The maximum Gasteiger partial charge on any atom is 0.323 e. The van der Waals surface area contributed by atoms with Gasteiger partial charge in [-0.1, -0.05) is 54.7 Å². The molecule has 2 aromatic carbocycles. The third kappa shape index (κ3) is 5.25. The van der Waals surface area contributed by atoms with E-state index in [9.17, 15) is 14.4 Å². The number of carbonyl (C=O) groups excluding carboxylic acids is 2. The molecule has 1 saturated carbocycles. The molecule has 0 bridgehead atoms. The zero-order valence-electron chi connectivity index (χ0n) is 21.7. The number of nitrogens with zero attached hydrogens (tertiary/aromatic N) is 3. The minimum absolute atomic E-state index is 0.177. The number of amides is 2. The third-order valence-electron chi connectivity index (χ3n) is 7.33. The van der Waals surface area contributed by atoms with E-state index in [-0.39, 0.29) is 15.1 Å². The lowest BCUT2D eigenvalue weighted by molar-refractivity contribution is -0.140. The van der Waals surface area contributed by atoms with E-state index in [2.05, 4.69) is 41.3 Å². The highest BCUT2D eigenvalue weighted by molar-refractivity contribution is 8.27. The van der Waals surface area contributed by atoms with Crippen LogP contribution in [0.3, 0.4) is 0 Å². The molecule has 0 radical (unpaired) electrons. The molecule has 2 unspecified atom stereocenters. The Morgan fingerprint density at radius 3 is 2.67 bits per heavy atom. The van der Waals surface area contributed by atoms with E-state index in [1.807, 2.05) is 25.1 Å². The predicted molar refractivity (Wildman–Crippen MR) is 162 cm³/mol. The van der Waals surface area contributed by atoms with E-state index in [0.717, 1.165) is 28.6 Å². The van der Waals surface area contributed by atoms with Crippen molar-refractivity contribution in [2.24, 2.45) is 0 Å². The van der Waals surface area contributed by atoms with Crippen molar-refractivity contribution in [3.63, 3.8) is 0 Å². The highest BCUT2D eigenvalue weighted by atomic mass is 32.2. The number of anilines is 2. The Labute approximate surface area is 241 Å². The second-order valence-corrected chi connectivity index (χ2v) is 12.0. The minimum Gasteiger partial charge on any atom is -0.480 e. The highest BCUT2D eigenvalue weighted by Gasteiger charge is 2.42. The average Bonchev–Trinajstić information content (AvgIpc) is 3.60. The summed E-state index contributed by atoms with van der Waals surface area (Å²) in [5, 5.41) is 9.60. The van der Waals surface area contributed by atoms with E-state index >= 15 is 0 Å². The number of likely N-dealkylation sites (N-methyl/N-ethyl adjacent to an activating group) is 1. The fourth-order valence-electron chi connectivity index (χ4n) is 5.68. The van der Waals surface area contributed by atoms with Gasteiger partial charge in [-0.05, 0) is 67.5 Å². The smallest absolute Gasteiger partial charge is 0.323 e. The molecule has 202 valence electrons. The van der Waals surface area contributed by atoms with Gasteiger partial charge < -0.3 is 14.9 Å². The van der Waals surface area contributed by atoms with Gasteiger partial charge in [-0.25, -0.2) is 0 Å². The van der Waals surface area contributed by atoms with Gasteiger partial charge in [0.1, 0.15) is 15.8 Å². The van der Waals surface area contributed by atoms with Gasteiger partial charge in [0, 0.05) is 36.0 Å². The number of thiocarbonyl (C=S) groups is 1. The highest BCUT2D eigenvalue weighted by Crippen LogP contribution is 2.52. The topological polar surface area (TPSA) is 81.2 Å². The molecule has 7 nitrogen and oxygen atoms in total. The van der Waals surface area contributed by atoms with Crippen molar-refractivity contribution in [3.05, 3.63) is 75.7 Å². The van der Waals surface area contributed by atoms with Crippen LogP contribution in [0.1, 0.15) is 43.2 Å². The van der Waals surface area contributed by atoms with Crippen molar-refractivity contribution in [1.82, 2.24) is 9.80 Å². The van der Waals surface area contributed by atoms with Gasteiger partial charge >= 0.3 is 5.97 Å². The summed E-state index contributed by atoms with van der Waals surface area (Å²) in [7, 11) is 0. The van der Waals surface area contributed by atoms with Crippen molar-refractivity contribution in [2.45, 2.75) is 38.1 Å². The quantitative estimate of drug-likeness (QED) is 0.310. The van der Waals surface area contributed by atoms with Crippen LogP contribution in [0, 0.1) is 0 Å². The Hall–Kier alpha value is -3.08. The van der Waals surface area contributed by atoms with Gasteiger partial charge in [-0.3, -0.25) is 19.3 Å². The van der Waals surface area contributed by atoms with Crippen molar-refractivity contribution in [1.29, 1.82) is 0 Å². The minimum atomic E-state index is -1.14. The standard InChI is InChI=1S/C29H29N3O4S3/c1-3-30(28(38-2)26-27(36)31(17-25(34)35)29(37)39-26)24(33)15-13-18-12-14-23-21(16-18)20-10-7-11-22(20)32(23)19-8-5-4-6-9-19/h4-6,8-9,12-16,20,22H,3,7,10-11,17H2,1-2H3,(H,34,35)/b15-13+,28-26-. The lowest BCUT2D eigenvalue weighted by Crippen LogP contribution is -2.34. The Bertz CT molecular complexity index is 1390. The second kappa shape index (κ2) is 11.6. The van der Waals surface area contributed by atoms with Gasteiger partial charge in [-0.2, -0.15) is 0 Å². The predicted octanol–water partition coefficient (Wildman–Crippen LogP) is 5.81. The van der Waals surface area contributed by atoms with Crippen molar-refractivity contribution < 1.29 is 19.5 Å². The first-order valence-corrected chi connectivity index (χ1v) is 15.3. The molecular weight excluding hydrogens is 551 g/mol. The molecule has 1 saturated heterocycles. The number of para-hydroxylation sites is 1. The second-order valence-electron chi connectivity index (χ2n) is 9.54. The molecule has 2 heterocycles. The summed E-state index contributed by atoms with van der Waals surface area (Å²) in [5.41, 5.74) is 4.73. The first-order chi connectivity index (χ1) is 18.8. The van der Waals surface area contributed by atoms with Crippen LogP contribution in [0.25, 0.3) is 6.08 Å². The molecular formula is C29H29N3O4S3. The number of carboxylic acid groups (broad SMARTS) is 1. The van der Waals surface area contributed by atoms with Crippen molar-refractivity contribution in [3.8, 4) is 0 Å². The molecule has 2 fully saturated rings. The molecule has 1 N–H and O–H groups in total. The fourth-order valence-corrected chi connectivity index (χ4v) is 8.00. The number of hydrogen-bond donors (Lipinski definition) is 1. The molecule has 5 rings (SSSR count). The van der Waals surface area contributed by atoms with E-state index in [0.29, 0.717) is 23.5 Å². The van der Waals surface area contributed by atoms with Crippen molar-refractivity contribution in [2.75, 3.05) is 24.2 Å². The summed E-state index contributed by atoms with van der Waals surface area (Å²) < 4.78 is 0.177. The van der Waals surface area contributed by atoms with Crippen LogP contribution in [0.5, 0.6) is 0 Å². The molecule has 3 aliphatic rings. The number of benzene rings is 2. The summed E-state index contributed by atoms with van der Waals surface area (Å²) >= 11 is 7.54. The Morgan fingerprint density at radius 1 is 1.21 bits per heavy atom. The number of fused-ring (bicyclic) bond motifs is 3. The van der Waals surface area contributed by atoms with Gasteiger partial charge in [0.25, 0.3) is 11.8 Å². The zero-order chi connectivity index (χ0) is 27.7. The van der Waals surface area contributed by atoms with E-state index in [4.69, 9.17) is 17.3 Å². The number of hydrogen-bond acceptors (Lipinski definition) is 7. The van der Waals surface area contributed by atoms with Crippen LogP contribution >= 0.6 is 35.7 Å². The average molecular weight is 580 g/mol. The number of rotatable bonds is 8. The summed E-state index contributed by atoms with van der Waals surface area (Å²) in [6, 6.07) is 17.4. The van der Waals surface area contributed by atoms with Crippen LogP contribution in [-0.4, -0.2) is 62.4 Å². The van der Waals surface area contributed by atoms with Crippen LogP contribution in [0.4, 0.5) is 11.4 Å². The van der Waals surface area contributed by atoms with E-state index < -0.39 is 18.4 Å². The van der Waals surface area contributed by atoms with Crippen LogP contribution < -0.4 is 4.90 Å². The molecule has 0 spiro atoms. The van der Waals surface area contributed by atoms with Crippen molar-refractivity contribution >= 4 is 75.3 Å². The van der Waals surface area contributed by atoms with Gasteiger partial charge in [-0.15, -0.1) is 11.8 Å². The SMILES string of the molecule is CCN(C(=O)/C=C/c1ccc2c(c1)C1CCCC1N2c1ccccc1)/C(SC)=C1/SC(=S)N(CC(=O)O)C1=O. The van der Waals surface area contributed by atoms with Crippen LogP contribution in [0.2, 0.25) is 0 Å². The lowest BCUT2D eigenvalue weighted by Gasteiger charge is -2.27. The molecule has 2 atom stereocenters. The van der Waals surface area contributed by atoms with Crippen LogP contribution in [-0.2, 0) is 14.4 Å². The monoisotopic (exact) mass is 579 g/mol. The maximum atomic E-state index is 13.3. The van der Waals surface area contributed by atoms with Gasteiger partial charge in [0.2, 0.25) is 0 Å². The van der Waals surface area contributed by atoms with Crippen LogP contribution in [0.15, 0.2) is 64.5 Å². The van der Waals surface area contributed by atoms with E-state index in [1.165, 1.54) is 52.5 Å². The fraction of sp³-hybridized carbons (Fsp3) is 0.310. The first-order valence-electron chi connectivity index (χ1n) is 12.9. The summed E-state index contributed by atoms with van der Waals surface area (Å²) in [6.07, 6.45) is 8.69. The van der Waals surface area contributed by atoms with Gasteiger partial charge in [0.05, 0.1) is 5.03 Å². The molecule has 0 aromatic heterocycles. The molecule has 10 heteroatoms. The normalized spacial score (nSPS) is 21.5. The first kappa shape index (κ1) is 27.5. The molecule has 2 aliphatic heterocycles. The maximum absolute atomic E-state index is 13.3. The summed E-state index contributed by atoms with van der Waals surface area (Å²) in [4.78, 5) is 42.8. The number of carbonyl (C=O) groups is 3. The number of aliphatic carboxylic acids is 1. The Balaban J connectivity index is 1.39. The molecule has 2 aromatic rings. The Morgan fingerprint density at radius 2 is 1.97 bits per heavy atom. The molecule has 2 amide bonds. The number of thioether (sulfide) groups is 2. The summed E-state index contributed by atoms with van der Waals surface area (Å²) in [5.74, 6) is -1.41.